The van der Waals surface area contributed by atoms with Crippen LogP contribution in [0.2, 0.25) is 0 Å². The summed E-state index contributed by atoms with van der Waals surface area (Å²) in [5.74, 6) is 1.45. The van der Waals surface area contributed by atoms with E-state index in [4.69, 9.17) is 9.84 Å². The molecule has 2 unspecified atom stereocenters. The summed E-state index contributed by atoms with van der Waals surface area (Å²) in [5, 5.41) is 12.6. The van der Waals surface area contributed by atoms with Crippen molar-refractivity contribution >= 4 is 0 Å². The molecule has 0 heterocycles. The Kier molecular flexibility index (Phi) is 7.01. The molecule has 0 spiro atoms. The predicted octanol–water partition coefficient (Wildman–Crippen LogP) is 1.80. The van der Waals surface area contributed by atoms with Gasteiger partial charge in [0.05, 0.1) is 6.61 Å². The van der Waals surface area contributed by atoms with E-state index in [1.165, 1.54) is 25.7 Å². The third kappa shape index (κ3) is 5.28. The number of hydrogen-bond donors (Lipinski definition) is 2. The van der Waals surface area contributed by atoms with Gasteiger partial charge in [-0.3, -0.25) is 0 Å². The Morgan fingerprint density at radius 2 is 2.12 bits per heavy atom. The Morgan fingerprint density at radius 3 is 2.62 bits per heavy atom. The minimum atomic E-state index is 0.310. The second kappa shape index (κ2) is 8.04. The zero-order valence-corrected chi connectivity index (χ0v) is 10.7. The monoisotopic (exact) mass is 229 g/mol. The molecule has 3 heteroatoms. The van der Waals surface area contributed by atoms with E-state index in [-0.39, 0.29) is 0 Å². The maximum atomic E-state index is 9.00. The first-order valence-corrected chi connectivity index (χ1v) is 6.65. The van der Waals surface area contributed by atoms with Crippen LogP contribution >= 0.6 is 0 Å². The number of rotatable bonds is 10. The normalized spacial score (nSPS) is 19.7. The average Bonchev–Trinajstić information content (AvgIpc) is 3.08. The molecule has 0 saturated heterocycles. The molecule has 0 aromatic heterocycles. The summed E-state index contributed by atoms with van der Waals surface area (Å²) in [4.78, 5) is 0. The lowest BCUT2D eigenvalue weighted by Crippen LogP contribution is -2.38. The summed E-state index contributed by atoms with van der Waals surface area (Å²) in [6.45, 7) is 4.37. The Labute approximate surface area is 99.6 Å². The van der Waals surface area contributed by atoms with E-state index >= 15 is 0 Å². The van der Waals surface area contributed by atoms with Crippen molar-refractivity contribution in [3.63, 3.8) is 0 Å². The highest BCUT2D eigenvalue weighted by Crippen LogP contribution is 2.32. The third-order valence-corrected chi connectivity index (χ3v) is 3.44. The van der Waals surface area contributed by atoms with E-state index in [1.54, 1.807) is 7.11 Å². The number of methoxy groups -OCH3 is 1. The molecule has 0 bridgehead atoms. The molecule has 1 saturated carbocycles. The number of ether oxygens (including phenoxy) is 1. The second-order valence-electron chi connectivity index (χ2n) is 4.97. The molecule has 1 rings (SSSR count). The molecule has 0 aliphatic heterocycles. The van der Waals surface area contributed by atoms with Crippen LogP contribution < -0.4 is 5.32 Å². The van der Waals surface area contributed by atoms with E-state index < -0.39 is 0 Å². The van der Waals surface area contributed by atoms with Gasteiger partial charge in [-0.15, -0.1) is 0 Å². The van der Waals surface area contributed by atoms with Crippen molar-refractivity contribution in [1.82, 2.24) is 5.32 Å². The SMILES string of the molecule is CCCC(CCO)CNC(COC)C1CC1. The van der Waals surface area contributed by atoms with Gasteiger partial charge < -0.3 is 15.2 Å². The van der Waals surface area contributed by atoms with Gasteiger partial charge in [0.25, 0.3) is 0 Å². The standard InChI is InChI=1S/C13H27NO2/c1-3-4-11(7-8-15)9-14-13(10-16-2)12-5-6-12/h11-15H,3-10H2,1-2H3. The highest BCUT2D eigenvalue weighted by atomic mass is 16.5. The first-order valence-electron chi connectivity index (χ1n) is 6.65. The first-order chi connectivity index (χ1) is 7.81. The van der Waals surface area contributed by atoms with E-state index in [2.05, 4.69) is 12.2 Å². The fourth-order valence-electron chi connectivity index (χ4n) is 2.30. The van der Waals surface area contributed by atoms with Gasteiger partial charge in [-0.25, -0.2) is 0 Å². The van der Waals surface area contributed by atoms with Crippen LogP contribution in [0.3, 0.4) is 0 Å². The van der Waals surface area contributed by atoms with Crippen LogP contribution in [0.4, 0.5) is 0 Å². The Bertz CT molecular complexity index is 165. The van der Waals surface area contributed by atoms with Crippen molar-refractivity contribution in [3.05, 3.63) is 0 Å². The number of hydrogen-bond acceptors (Lipinski definition) is 3. The van der Waals surface area contributed by atoms with Crippen LogP contribution in [0, 0.1) is 11.8 Å². The van der Waals surface area contributed by atoms with Crippen molar-refractivity contribution in [2.45, 2.75) is 45.1 Å². The highest BCUT2D eigenvalue weighted by molar-refractivity contribution is 4.86. The molecule has 0 radical (unpaired) electrons. The topological polar surface area (TPSA) is 41.5 Å². The van der Waals surface area contributed by atoms with Crippen molar-refractivity contribution in [2.75, 3.05) is 26.9 Å². The molecule has 16 heavy (non-hydrogen) atoms. The van der Waals surface area contributed by atoms with Crippen LogP contribution in [0.25, 0.3) is 0 Å². The van der Waals surface area contributed by atoms with E-state index in [0.29, 0.717) is 18.6 Å². The highest BCUT2D eigenvalue weighted by Gasteiger charge is 2.30. The zero-order valence-electron chi connectivity index (χ0n) is 10.7. The summed E-state index contributed by atoms with van der Waals surface area (Å²) in [7, 11) is 1.77. The van der Waals surface area contributed by atoms with Crippen LogP contribution in [0.15, 0.2) is 0 Å². The summed E-state index contributed by atoms with van der Waals surface area (Å²) in [6.07, 6.45) is 6.02. The van der Waals surface area contributed by atoms with Gasteiger partial charge in [0.1, 0.15) is 0 Å². The summed E-state index contributed by atoms with van der Waals surface area (Å²) in [6, 6.07) is 0.531. The molecular weight excluding hydrogens is 202 g/mol. The molecule has 0 aromatic carbocycles. The van der Waals surface area contributed by atoms with Gasteiger partial charge in [0.15, 0.2) is 0 Å². The van der Waals surface area contributed by atoms with Crippen molar-refractivity contribution in [3.8, 4) is 0 Å². The van der Waals surface area contributed by atoms with Gasteiger partial charge in [-0.05, 0) is 44.1 Å². The first kappa shape index (κ1) is 13.9. The molecule has 0 amide bonds. The molecule has 1 fully saturated rings. The molecule has 96 valence electrons. The lowest BCUT2D eigenvalue weighted by atomic mass is 9.99. The quantitative estimate of drug-likeness (QED) is 0.600. The lowest BCUT2D eigenvalue weighted by Gasteiger charge is -2.22. The zero-order chi connectivity index (χ0) is 11.8. The third-order valence-electron chi connectivity index (χ3n) is 3.44. The lowest BCUT2D eigenvalue weighted by molar-refractivity contribution is 0.152. The number of aliphatic hydroxyl groups excluding tert-OH is 1. The predicted molar refractivity (Wildman–Crippen MR) is 66.5 cm³/mol. The molecule has 2 N–H and O–H groups in total. The molecule has 2 atom stereocenters. The maximum Gasteiger partial charge on any atom is 0.0618 e. The van der Waals surface area contributed by atoms with Crippen LogP contribution in [-0.2, 0) is 4.74 Å². The van der Waals surface area contributed by atoms with Crippen LogP contribution in [0.1, 0.15) is 39.0 Å². The Morgan fingerprint density at radius 1 is 1.38 bits per heavy atom. The van der Waals surface area contributed by atoms with Crippen molar-refractivity contribution < 1.29 is 9.84 Å². The second-order valence-corrected chi connectivity index (χ2v) is 4.97. The molecular formula is C13H27NO2. The molecule has 1 aliphatic carbocycles. The van der Waals surface area contributed by atoms with Crippen molar-refractivity contribution in [1.29, 1.82) is 0 Å². The average molecular weight is 229 g/mol. The molecule has 0 aromatic rings. The van der Waals surface area contributed by atoms with Crippen molar-refractivity contribution in [2.24, 2.45) is 11.8 Å². The van der Waals surface area contributed by atoms with Gasteiger partial charge in [-0.1, -0.05) is 13.3 Å². The smallest absolute Gasteiger partial charge is 0.0618 e. The molecule has 1 aliphatic rings. The summed E-state index contributed by atoms with van der Waals surface area (Å²) in [5.41, 5.74) is 0. The van der Waals surface area contributed by atoms with Gasteiger partial charge in [0.2, 0.25) is 0 Å². The summed E-state index contributed by atoms with van der Waals surface area (Å²) >= 11 is 0. The minimum absolute atomic E-state index is 0.310. The van der Waals surface area contributed by atoms with Crippen LogP contribution in [0.5, 0.6) is 0 Å². The van der Waals surface area contributed by atoms with E-state index in [9.17, 15) is 0 Å². The molecule has 3 nitrogen and oxygen atoms in total. The Balaban J connectivity index is 2.21. The van der Waals surface area contributed by atoms with Gasteiger partial charge in [0, 0.05) is 19.8 Å². The fraction of sp³-hybridized carbons (Fsp3) is 1.00. The Hall–Kier alpha value is -0.120. The minimum Gasteiger partial charge on any atom is -0.396 e. The number of aliphatic hydroxyl groups is 1. The van der Waals surface area contributed by atoms with Gasteiger partial charge in [-0.2, -0.15) is 0 Å². The van der Waals surface area contributed by atoms with E-state index in [1.807, 2.05) is 0 Å². The maximum absolute atomic E-state index is 9.00. The van der Waals surface area contributed by atoms with Crippen LogP contribution in [-0.4, -0.2) is 38.0 Å². The number of nitrogens with one attached hydrogen (secondary N) is 1. The summed E-state index contributed by atoms with van der Waals surface area (Å²) < 4.78 is 5.25. The largest absolute Gasteiger partial charge is 0.396 e. The fourth-order valence-corrected chi connectivity index (χ4v) is 2.30. The van der Waals surface area contributed by atoms with Gasteiger partial charge >= 0.3 is 0 Å². The van der Waals surface area contributed by atoms with E-state index in [0.717, 1.165) is 25.5 Å².